The van der Waals surface area contributed by atoms with E-state index >= 15 is 0 Å². The van der Waals surface area contributed by atoms with Gasteiger partial charge in [0.1, 0.15) is 15.9 Å². The van der Waals surface area contributed by atoms with Gasteiger partial charge in [0.05, 0.1) is 21.9 Å². The molecule has 27 heavy (non-hydrogen) atoms. The molecule has 3 rings (SSSR count). The molecule has 0 radical (unpaired) electrons. The summed E-state index contributed by atoms with van der Waals surface area (Å²) >= 11 is 3.82. The van der Waals surface area contributed by atoms with Gasteiger partial charge in [-0.05, 0) is 41.4 Å². The predicted molar refractivity (Wildman–Crippen MR) is 96.9 cm³/mol. The molecular formula is C14H13BrF3N5O2S2. The Bertz CT molecular complexity index is 1080. The molecule has 0 atom stereocenters. The number of hydrogen-bond acceptors (Lipinski definition) is 6. The van der Waals surface area contributed by atoms with Gasteiger partial charge in [-0.3, -0.25) is 4.68 Å². The molecule has 0 aliphatic carbocycles. The van der Waals surface area contributed by atoms with Crippen LogP contribution < -0.4 is 4.72 Å². The maximum atomic E-state index is 12.9. The largest absolute Gasteiger partial charge is 0.436 e. The van der Waals surface area contributed by atoms with Gasteiger partial charge in [-0.2, -0.15) is 27.0 Å². The van der Waals surface area contributed by atoms with E-state index < -0.39 is 21.9 Å². The van der Waals surface area contributed by atoms with Crippen molar-refractivity contribution >= 4 is 48.7 Å². The average molecular weight is 484 g/mol. The molecule has 0 amide bonds. The Kier molecular flexibility index (Phi) is 5.57. The molecule has 0 fully saturated rings. The molecule has 0 bridgehead atoms. The fourth-order valence-corrected chi connectivity index (χ4v) is 4.78. The standard InChI is InChI=1S/C14H13BrF3N5O2S2/c1-8-11(15)13(14(16,17)18)20-23(8)7-3-6-19-27(24,25)10-5-2-4-9-12(10)22-26-21-9/h2,4-5,19H,3,6-7H2,1H3. The van der Waals surface area contributed by atoms with Crippen molar-refractivity contribution in [2.24, 2.45) is 0 Å². The van der Waals surface area contributed by atoms with Gasteiger partial charge < -0.3 is 0 Å². The third-order valence-electron chi connectivity index (χ3n) is 3.78. The zero-order valence-corrected chi connectivity index (χ0v) is 17.0. The van der Waals surface area contributed by atoms with E-state index in [1.165, 1.54) is 17.7 Å². The highest BCUT2D eigenvalue weighted by Gasteiger charge is 2.37. The lowest BCUT2D eigenvalue weighted by atomic mass is 10.3. The van der Waals surface area contributed by atoms with E-state index in [1.54, 1.807) is 12.1 Å². The predicted octanol–water partition coefficient (Wildman–Crippen LogP) is 3.35. The van der Waals surface area contributed by atoms with E-state index in [9.17, 15) is 21.6 Å². The normalized spacial score (nSPS) is 12.8. The van der Waals surface area contributed by atoms with Gasteiger partial charge in [0.2, 0.25) is 10.0 Å². The Labute approximate surface area is 165 Å². The second-order valence-corrected chi connectivity index (χ2v) is 8.67. The topological polar surface area (TPSA) is 89.8 Å². The summed E-state index contributed by atoms with van der Waals surface area (Å²) < 4.78 is 75.0. The first kappa shape index (κ1) is 20.2. The van der Waals surface area contributed by atoms with E-state index in [2.05, 4.69) is 34.5 Å². The molecular weight excluding hydrogens is 471 g/mol. The van der Waals surface area contributed by atoms with E-state index in [4.69, 9.17) is 0 Å². The van der Waals surface area contributed by atoms with E-state index in [0.29, 0.717) is 11.2 Å². The van der Waals surface area contributed by atoms with Crippen molar-refractivity contribution in [3.63, 3.8) is 0 Å². The van der Waals surface area contributed by atoms with Crippen LogP contribution in [0.3, 0.4) is 0 Å². The highest BCUT2D eigenvalue weighted by Crippen LogP contribution is 2.35. The zero-order valence-electron chi connectivity index (χ0n) is 13.8. The summed E-state index contributed by atoms with van der Waals surface area (Å²) in [6.45, 7) is 1.67. The number of nitrogens with one attached hydrogen (secondary N) is 1. The second-order valence-electron chi connectivity index (χ2n) is 5.61. The highest BCUT2D eigenvalue weighted by atomic mass is 79.9. The summed E-state index contributed by atoms with van der Waals surface area (Å²) in [6.07, 6.45) is -4.30. The lowest BCUT2D eigenvalue weighted by Gasteiger charge is -2.08. The first-order valence-electron chi connectivity index (χ1n) is 7.62. The lowest BCUT2D eigenvalue weighted by molar-refractivity contribution is -0.142. The van der Waals surface area contributed by atoms with Crippen LogP contribution in [0.4, 0.5) is 13.2 Å². The molecule has 2 heterocycles. The average Bonchev–Trinajstić information content (AvgIpc) is 3.17. The number of aromatic nitrogens is 4. The van der Waals surface area contributed by atoms with Crippen molar-refractivity contribution in [3.05, 3.63) is 34.1 Å². The summed E-state index contributed by atoms with van der Waals surface area (Å²) in [5, 5.41) is 3.56. The molecule has 3 aromatic rings. The molecule has 13 heteroatoms. The molecule has 0 unspecified atom stereocenters. The van der Waals surface area contributed by atoms with Crippen molar-refractivity contribution in [1.82, 2.24) is 23.2 Å². The Hall–Kier alpha value is -1.57. The van der Waals surface area contributed by atoms with Gasteiger partial charge in [0.25, 0.3) is 0 Å². The minimum atomic E-state index is -4.56. The van der Waals surface area contributed by atoms with Gasteiger partial charge >= 0.3 is 6.18 Å². The second kappa shape index (κ2) is 7.45. The fraction of sp³-hybridized carbons (Fsp3) is 0.357. The van der Waals surface area contributed by atoms with Crippen LogP contribution in [-0.2, 0) is 22.7 Å². The summed E-state index contributed by atoms with van der Waals surface area (Å²) in [7, 11) is -3.81. The number of halogens is 4. The SMILES string of the molecule is Cc1c(Br)c(C(F)(F)F)nn1CCCNS(=O)(=O)c1cccc2nsnc12. The number of aryl methyl sites for hydroxylation is 1. The number of fused-ring (bicyclic) bond motifs is 1. The maximum Gasteiger partial charge on any atom is 0.436 e. The van der Waals surface area contributed by atoms with Crippen LogP contribution in [0.5, 0.6) is 0 Å². The summed E-state index contributed by atoms with van der Waals surface area (Å²) in [6, 6.07) is 4.66. The molecule has 146 valence electrons. The number of benzene rings is 1. The van der Waals surface area contributed by atoms with Gasteiger partial charge in [-0.15, -0.1) is 0 Å². The van der Waals surface area contributed by atoms with Crippen LogP contribution in [0.15, 0.2) is 27.6 Å². The molecule has 1 aromatic carbocycles. The molecule has 1 N–H and O–H groups in total. The van der Waals surface area contributed by atoms with Gasteiger partial charge in [0, 0.05) is 13.1 Å². The third kappa shape index (κ3) is 4.15. The summed E-state index contributed by atoms with van der Waals surface area (Å²) in [5.41, 5.74) is 0.100. The van der Waals surface area contributed by atoms with Crippen molar-refractivity contribution in [2.75, 3.05) is 6.54 Å². The van der Waals surface area contributed by atoms with E-state index in [1.807, 2.05) is 0 Å². The quantitative estimate of drug-likeness (QED) is 0.543. The number of rotatable bonds is 6. The molecule has 0 spiro atoms. The molecule has 0 saturated heterocycles. The number of nitrogens with zero attached hydrogens (tertiary/aromatic N) is 4. The summed E-state index contributed by atoms with van der Waals surface area (Å²) in [5.74, 6) is 0. The van der Waals surface area contributed by atoms with E-state index in [0.717, 1.165) is 11.7 Å². The van der Waals surface area contributed by atoms with Gasteiger partial charge in [0.15, 0.2) is 5.69 Å². The lowest BCUT2D eigenvalue weighted by Crippen LogP contribution is -2.26. The van der Waals surface area contributed by atoms with Crippen LogP contribution in [0.25, 0.3) is 11.0 Å². The fourth-order valence-electron chi connectivity index (χ4n) is 2.43. The monoisotopic (exact) mass is 483 g/mol. The van der Waals surface area contributed by atoms with Crippen molar-refractivity contribution in [1.29, 1.82) is 0 Å². The van der Waals surface area contributed by atoms with E-state index in [-0.39, 0.29) is 34.4 Å². The summed E-state index contributed by atoms with van der Waals surface area (Å²) in [4.78, 5) is 0.0196. The first-order chi connectivity index (χ1) is 12.6. The Morgan fingerprint density at radius 2 is 2.04 bits per heavy atom. The molecule has 0 aliphatic rings. The van der Waals surface area contributed by atoms with Crippen LogP contribution >= 0.6 is 27.7 Å². The molecule has 0 saturated carbocycles. The Balaban J connectivity index is 1.66. The third-order valence-corrected chi connectivity index (χ3v) is 6.76. The van der Waals surface area contributed by atoms with Crippen molar-refractivity contribution in [2.45, 2.75) is 31.0 Å². The minimum Gasteiger partial charge on any atom is -0.268 e. The number of alkyl halides is 3. The number of sulfonamides is 1. The first-order valence-corrected chi connectivity index (χ1v) is 10.6. The van der Waals surface area contributed by atoms with Crippen LogP contribution in [0, 0.1) is 6.92 Å². The Morgan fingerprint density at radius 1 is 1.30 bits per heavy atom. The molecule has 2 aromatic heterocycles. The van der Waals surface area contributed by atoms with Crippen molar-refractivity contribution in [3.8, 4) is 0 Å². The molecule has 0 aliphatic heterocycles. The Morgan fingerprint density at radius 3 is 2.70 bits per heavy atom. The highest BCUT2D eigenvalue weighted by molar-refractivity contribution is 9.10. The zero-order chi connectivity index (χ0) is 19.8. The van der Waals surface area contributed by atoms with Gasteiger partial charge in [-0.1, -0.05) is 6.07 Å². The minimum absolute atomic E-state index is 0.0196. The van der Waals surface area contributed by atoms with Crippen LogP contribution in [0.2, 0.25) is 0 Å². The van der Waals surface area contributed by atoms with Crippen LogP contribution in [-0.4, -0.2) is 33.5 Å². The van der Waals surface area contributed by atoms with Crippen molar-refractivity contribution < 1.29 is 21.6 Å². The van der Waals surface area contributed by atoms with Gasteiger partial charge in [-0.25, -0.2) is 13.1 Å². The molecule has 7 nitrogen and oxygen atoms in total. The smallest absolute Gasteiger partial charge is 0.268 e. The maximum absolute atomic E-state index is 12.9. The van der Waals surface area contributed by atoms with Crippen LogP contribution in [0.1, 0.15) is 17.8 Å². The number of hydrogen-bond donors (Lipinski definition) is 1.